The average Bonchev–Trinajstić information content (AvgIpc) is 2.58. The summed E-state index contributed by atoms with van der Waals surface area (Å²) in [7, 11) is 0. The maximum atomic E-state index is 3.82. The van der Waals surface area contributed by atoms with Crippen molar-refractivity contribution in [2.45, 2.75) is 83.6 Å². The Morgan fingerprint density at radius 1 is 0.882 bits per heavy atom. The standard InChI is InChI=1S/C16H31N/c1-14-7-6-8-15(13-14)11-12-17-16-9-4-2-3-5-10-16/h14-17H,2-13H2,1H3. The van der Waals surface area contributed by atoms with E-state index in [2.05, 4.69) is 12.2 Å². The molecule has 2 fully saturated rings. The lowest BCUT2D eigenvalue weighted by Gasteiger charge is -2.27. The van der Waals surface area contributed by atoms with Crippen LogP contribution in [0.3, 0.4) is 0 Å². The maximum absolute atomic E-state index is 3.82. The molecule has 2 unspecified atom stereocenters. The van der Waals surface area contributed by atoms with Crippen molar-refractivity contribution in [1.82, 2.24) is 5.32 Å². The quantitative estimate of drug-likeness (QED) is 0.709. The summed E-state index contributed by atoms with van der Waals surface area (Å²) in [5.74, 6) is 2.02. The SMILES string of the molecule is CC1CCCC(CCNC2CCCCCC2)C1. The van der Waals surface area contributed by atoms with E-state index in [1.54, 1.807) is 0 Å². The lowest BCUT2D eigenvalue weighted by molar-refractivity contribution is 0.263. The summed E-state index contributed by atoms with van der Waals surface area (Å²) in [6.45, 7) is 3.72. The van der Waals surface area contributed by atoms with Crippen molar-refractivity contribution in [3.63, 3.8) is 0 Å². The van der Waals surface area contributed by atoms with Gasteiger partial charge in [-0.1, -0.05) is 51.9 Å². The van der Waals surface area contributed by atoms with Crippen molar-refractivity contribution in [2.24, 2.45) is 11.8 Å². The number of nitrogens with one attached hydrogen (secondary N) is 1. The third-order valence-electron chi connectivity index (χ3n) is 4.89. The molecule has 2 atom stereocenters. The summed E-state index contributed by atoms with van der Waals surface area (Å²) in [5.41, 5.74) is 0. The largest absolute Gasteiger partial charge is 0.314 e. The molecule has 2 aliphatic carbocycles. The Morgan fingerprint density at radius 2 is 1.65 bits per heavy atom. The van der Waals surface area contributed by atoms with Gasteiger partial charge in [-0.05, 0) is 44.1 Å². The molecule has 1 N–H and O–H groups in total. The Morgan fingerprint density at radius 3 is 2.35 bits per heavy atom. The summed E-state index contributed by atoms with van der Waals surface area (Å²) in [6, 6.07) is 0.846. The minimum Gasteiger partial charge on any atom is -0.314 e. The van der Waals surface area contributed by atoms with E-state index in [9.17, 15) is 0 Å². The van der Waals surface area contributed by atoms with Crippen molar-refractivity contribution in [3.8, 4) is 0 Å². The molecule has 0 bridgehead atoms. The molecule has 0 amide bonds. The molecule has 1 nitrogen and oxygen atoms in total. The predicted octanol–water partition coefficient (Wildman–Crippen LogP) is 4.52. The second kappa shape index (κ2) is 7.41. The molecule has 17 heavy (non-hydrogen) atoms. The van der Waals surface area contributed by atoms with Crippen molar-refractivity contribution in [2.75, 3.05) is 6.54 Å². The molecule has 0 spiro atoms. The van der Waals surface area contributed by atoms with Crippen LogP contribution in [0.1, 0.15) is 77.6 Å². The molecule has 2 aliphatic rings. The van der Waals surface area contributed by atoms with Crippen LogP contribution in [0.25, 0.3) is 0 Å². The smallest absolute Gasteiger partial charge is 0.00670 e. The topological polar surface area (TPSA) is 12.0 Å². The Kier molecular flexibility index (Phi) is 5.84. The van der Waals surface area contributed by atoms with Crippen LogP contribution in [-0.2, 0) is 0 Å². The van der Waals surface area contributed by atoms with E-state index >= 15 is 0 Å². The summed E-state index contributed by atoms with van der Waals surface area (Å²) in [4.78, 5) is 0. The van der Waals surface area contributed by atoms with Crippen molar-refractivity contribution < 1.29 is 0 Å². The van der Waals surface area contributed by atoms with E-state index in [-0.39, 0.29) is 0 Å². The third kappa shape index (κ3) is 4.99. The van der Waals surface area contributed by atoms with Gasteiger partial charge in [-0.3, -0.25) is 0 Å². The van der Waals surface area contributed by atoms with Gasteiger partial charge in [0, 0.05) is 6.04 Å². The third-order valence-corrected chi connectivity index (χ3v) is 4.89. The molecule has 2 saturated carbocycles. The minimum absolute atomic E-state index is 0.846. The van der Waals surface area contributed by atoms with E-state index in [0.717, 1.165) is 17.9 Å². The summed E-state index contributed by atoms with van der Waals surface area (Å²) in [5, 5.41) is 3.82. The molecule has 0 heterocycles. The van der Waals surface area contributed by atoms with E-state index in [4.69, 9.17) is 0 Å². The molecular formula is C16H31N. The van der Waals surface area contributed by atoms with Crippen LogP contribution in [-0.4, -0.2) is 12.6 Å². The average molecular weight is 237 g/mol. The fourth-order valence-electron chi connectivity index (χ4n) is 3.80. The van der Waals surface area contributed by atoms with Crippen LogP contribution in [0.15, 0.2) is 0 Å². The maximum Gasteiger partial charge on any atom is 0.00670 e. The Balaban J connectivity index is 1.58. The zero-order valence-corrected chi connectivity index (χ0v) is 11.7. The Bertz CT molecular complexity index is 192. The van der Waals surface area contributed by atoms with Crippen LogP contribution < -0.4 is 5.32 Å². The van der Waals surface area contributed by atoms with Crippen LogP contribution in [0.4, 0.5) is 0 Å². The number of hydrogen-bond donors (Lipinski definition) is 1. The van der Waals surface area contributed by atoms with E-state index < -0.39 is 0 Å². The molecule has 0 aromatic carbocycles. The van der Waals surface area contributed by atoms with Gasteiger partial charge in [-0.15, -0.1) is 0 Å². The first-order valence-electron chi connectivity index (χ1n) is 8.08. The van der Waals surface area contributed by atoms with Crippen molar-refractivity contribution >= 4 is 0 Å². The van der Waals surface area contributed by atoms with Crippen molar-refractivity contribution in [1.29, 1.82) is 0 Å². The van der Waals surface area contributed by atoms with Gasteiger partial charge >= 0.3 is 0 Å². The van der Waals surface area contributed by atoms with E-state index in [0.29, 0.717) is 0 Å². The van der Waals surface area contributed by atoms with Gasteiger partial charge in [-0.2, -0.15) is 0 Å². The molecule has 0 aromatic heterocycles. The molecule has 2 rings (SSSR count). The zero-order valence-electron chi connectivity index (χ0n) is 11.7. The van der Waals surface area contributed by atoms with Crippen molar-refractivity contribution in [3.05, 3.63) is 0 Å². The molecule has 0 aliphatic heterocycles. The Hall–Kier alpha value is -0.0400. The highest BCUT2D eigenvalue weighted by Crippen LogP contribution is 2.30. The highest BCUT2D eigenvalue weighted by atomic mass is 14.9. The first kappa shape index (κ1) is 13.4. The van der Waals surface area contributed by atoms with Gasteiger partial charge in [0.2, 0.25) is 0 Å². The van der Waals surface area contributed by atoms with Gasteiger partial charge in [0.1, 0.15) is 0 Å². The lowest BCUT2D eigenvalue weighted by Crippen LogP contribution is -2.31. The summed E-state index contributed by atoms with van der Waals surface area (Å²) >= 11 is 0. The first-order chi connectivity index (χ1) is 8.34. The highest BCUT2D eigenvalue weighted by Gasteiger charge is 2.19. The van der Waals surface area contributed by atoms with Crippen LogP contribution >= 0.6 is 0 Å². The number of rotatable bonds is 4. The number of hydrogen-bond acceptors (Lipinski definition) is 1. The Labute approximate surface area is 108 Å². The normalized spacial score (nSPS) is 32.3. The highest BCUT2D eigenvalue weighted by molar-refractivity contribution is 4.74. The van der Waals surface area contributed by atoms with Crippen LogP contribution in [0.2, 0.25) is 0 Å². The second-order valence-electron chi connectivity index (χ2n) is 6.57. The summed E-state index contributed by atoms with van der Waals surface area (Å²) in [6.07, 6.45) is 16.1. The van der Waals surface area contributed by atoms with Crippen LogP contribution in [0, 0.1) is 11.8 Å². The van der Waals surface area contributed by atoms with E-state index in [1.807, 2.05) is 0 Å². The molecule has 100 valence electrons. The molecular weight excluding hydrogens is 206 g/mol. The molecule has 0 saturated heterocycles. The van der Waals surface area contributed by atoms with E-state index in [1.165, 1.54) is 77.2 Å². The predicted molar refractivity (Wildman–Crippen MR) is 75.2 cm³/mol. The summed E-state index contributed by atoms with van der Waals surface area (Å²) < 4.78 is 0. The molecule has 0 radical (unpaired) electrons. The first-order valence-corrected chi connectivity index (χ1v) is 8.08. The zero-order chi connectivity index (χ0) is 11.9. The monoisotopic (exact) mass is 237 g/mol. The van der Waals surface area contributed by atoms with Gasteiger partial charge < -0.3 is 5.32 Å². The fourth-order valence-corrected chi connectivity index (χ4v) is 3.80. The van der Waals surface area contributed by atoms with Crippen LogP contribution in [0.5, 0.6) is 0 Å². The molecule has 1 heteroatoms. The van der Waals surface area contributed by atoms with Gasteiger partial charge in [0.25, 0.3) is 0 Å². The fraction of sp³-hybridized carbons (Fsp3) is 1.00. The van der Waals surface area contributed by atoms with Gasteiger partial charge in [0.05, 0.1) is 0 Å². The van der Waals surface area contributed by atoms with Gasteiger partial charge in [0.15, 0.2) is 0 Å². The van der Waals surface area contributed by atoms with Gasteiger partial charge in [-0.25, -0.2) is 0 Å². The second-order valence-corrected chi connectivity index (χ2v) is 6.57. The molecule has 0 aromatic rings. The minimum atomic E-state index is 0.846. The lowest BCUT2D eigenvalue weighted by atomic mass is 9.81.